The third-order valence-electron chi connectivity index (χ3n) is 2.24. The van der Waals surface area contributed by atoms with Gasteiger partial charge in [0.2, 0.25) is 0 Å². The Morgan fingerprint density at radius 3 is 2.50 bits per heavy atom. The maximum atomic E-state index is 13.2. The van der Waals surface area contributed by atoms with Crippen LogP contribution in [0.1, 0.15) is 17.3 Å². The zero-order valence-corrected chi connectivity index (χ0v) is 9.42. The van der Waals surface area contributed by atoms with E-state index in [2.05, 4.69) is 0 Å². The maximum Gasteiger partial charge on any atom is 0.190 e. The first-order valence-electron chi connectivity index (χ1n) is 4.77. The van der Waals surface area contributed by atoms with Crippen LogP contribution in [0.3, 0.4) is 0 Å². The van der Waals surface area contributed by atoms with Crippen molar-refractivity contribution in [2.75, 3.05) is 14.1 Å². The molecule has 4 heteroatoms. The third kappa shape index (κ3) is 2.89. The molecule has 1 rings (SSSR count). The van der Waals surface area contributed by atoms with E-state index < -0.39 is 17.4 Å². The zero-order valence-electron chi connectivity index (χ0n) is 9.42. The number of halogens is 2. The Morgan fingerprint density at radius 2 is 1.94 bits per heavy atom. The number of allylic oxidation sites excluding steroid dienone is 2. The number of hydrogen-bond donors (Lipinski definition) is 0. The number of rotatable bonds is 3. The molecule has 0 bridgehead atoms. The molecule has 0 radical (unpaired) electrons. The number of hydrogen-bond acceptors (Lipinski definition) is 2. The van der Waals surface area contributed by atoms with Crippen LogP contribution >= 0.6 is 0 Å². The van der Waals surface area contributed by atoms with Crippen LogP contribution in [0.4, 0.5) is 8.78 Å². The highest BCUT2D eigenvalue weighted by Gasteiger charge is 2.11. The summed E-state index contributed by atoms with van der Waals surface area (Å²) in [6.45, 7) is 1.72. The Labute approximate surface area is 93.2 Å². The fraction of sp³-hybridized carbons (Fsp3) is 0.250. The summed E-state index contributed by atoms with van der Waals surface area (Å²) < 4.78 is 26.1. The van der Waals surface area contributed by atoms with Crippen molar-refractivity contribution in [2.24, 2.45) is 0 Å². The first-order valence-corrected chi connectivity index (χ1v) is 4.77. The van der Waals surface area contributed by atoms with Crippen molar-refractivity contribution < 1.29 is 13.6 Å². The molecule has 0 N–H and O–H groups in total. The van der Waals surface area contributed by atoms with Crippen molar-refractivity contribution in [1.29, 1.82) is 0 Å². The van der Waals surface area contributed by atoms with Gasteiger partial charge in [0.05, 0.1) is 5.56 Å². The number of ketones is 1. The summed E-state index contributed by atoms with van der Waals surface area (Å²) in [6.07, 6.45) is 1.28. The SMILES string of the molecule is C/C(=C/C(=O)c1cc(F)ccc1F)N(C)C. The van der Waals surface area contributed by atoms with Crippen molar-refractivity contribution in [2.45, 2.75) is 6.92 Å². The molecule has 16 heavy (non-hydrogen) atoms. The van der Waals surface area contributed by atoms with Crippen LogP contribution in [-0.4, -0.2) is 24.8 Å². The van der Waals surface area contributed by atoms with E-state index >= 15 is 0 Å². The van der Waals surface area contributed by atoms with E-state index in [0.717, 1.165) is 18.2 Å². The third-order valence-corrected chi connectivity index (χ3v) is 2.24. The van der Waals surface area contributed by atoms with Crippen LogP contribution in [0.15, 0.2) is 30.0 Å². The molecule has 86 valence electrons. The summed E-state index contributed by atoms with van der Waals surface area (Å²) in [4.78, 5) is 13.3. The molecule has 0 spiro atoms. The Morgan fingerprint density at radius 1 is 1.31 bits per heavy atom. The van der Waals surface area contributed by atoms with Gasteiger partial charge < -0.3 is 4.90 Å². The molecular weight excluding hydrogens is 212 g/mol. The summed E-state index contributed by atoms with van der Waals surface area (Å²) in [5.41, 5.74) is 0.426. The maximum absolute atomic E-state index is 13.2. The molecule has 0 unspecified atom stereocenters. The molecular formula is C12H13F2NO. The van der Waals surface area contributed by atoms with Crippen LogP contribution in [0.2, 0.25) is 0 Å². The molecule has 0 amide bonds. The van der Waals surface area contributed by atoms with Crippen LogP contribution in [0.25, 0.3) is 0 Å². The van der Waals surface area contributed by atoms with Gasteiger partial charge in [0.25, 0.3) is 0 Å². The van der Waals surface area contributed by atoms with E-state index in [1.165, 1.54) is 6.08 Å². The highest BCUT2D eigenvalue weighted by molar-refractivity contribution is 6.05. The predicted molar refractivity (Wildman–Crippen MR) is 58.1 cm³/mol. The Bertz CT molecular complexity index is 439. The molecule has 0 aliphatic carbocycles. The number of carbonyl (C=O) groups excluding carboxylic acids is 1. The summed E-state index contributed by atoms with van der Waals surface area (Å²) in [7, 11) is 3.53. The van der Waals surface area contributed by atoms with E-state index in [1.807, 2.05) is 0 Å². The first kappa shape index (κ1) is 12.4. The molecule has 1 aromatic rings. The molecule has 0 heterocycles. The van der Waals surface area contributed by atoms with Gasteiger partial charge in [-0.1, -0.05) is 0 Å². The molecule has 0 saturated carbocycles. The van der Waals surface area contributed by atoms with E-state index in [1.54, 1.807) is 25.9 Å². The Kier molecular flexibility index (Phi) is 3.77. The number of benzene rings is 1. The van der Waals surface area contributed by atoms with Gasteiger partial charge in [-0.3, -0.25) is 4.79 Å². The van der Waals surface area contributed by atoms with Crippen molar-refractivity contribution in [3.63, 3.8) is 0 Å². The summed E-state index contributed by atoms with van der Waals surface area (Å²) in [6, 6.07) is 2.83. The van der Waals surface area contributed by atoms with Gasteiger partial charge in [-0.2, -0.15) is 0 Å². The van der Waals surface area contributed by atoms with Gasteiger partial charge in [-0.25, -0.2) is 8.78 Å². The van der Waals surface area contributed by atoms with Crippen LogP contribution in [0.5, 0.6) is 0 Å². The average molecular weight is 225 g/mol. The van der Waals surface area contributed by atoms with Crippen molar-refractivity contribution in [1.82, 2.24) is 4.90 Å². The minimum atomic E-state index is -0.714. The van der Waals surface area contributed by atoms with Crippen molar-refractivity contribution in [3.05, 3.63) is 47.2 Å². The van der Waals surface area contributed by atoms with Gasteiger partial charge in [0, 0.05) is 25.9 Å². The fourth-order valence-electron chi connectivity index (χ4n) is 1.08. The lowest BCUT2D eigenvalue weighted by molar-refractivity contribution is 0.104. The average Bonchev–Trinajstić information content (AvgIpc) is 2.21. The van der Waals surface area contributed by atoms with Crippen molar-refractivity contribution in [3.8, 4) is 0 Å². The molecule has 0 aliphatic rings. The first-order chi connectivity index (χ1) is 7.41. The molecule has 1 aromatic carbocycles. The van der Waals surface area contributed by atoms with Crippen LogP contribution in [-0.2, 0) is 0 Å². The lowest BCUT2D eigenvalue weighted by Gasteiger charge is -2.11. The monoisotopic (exact) mass is 225 g/mol. The summed E-state index contributed by atoms with van der Waals surface area (Å²) in [5.74, 6) is -1.88. The van der Waals surface area contributed by atoms with Gasteiger partial charge >= 0.3 is 0 Å². The standard InChI is InChI=1S/C12H13F2NO/c1-8(15(2)3)6-12(16)10-7-9(13)4-5-11(10)14/h4-7H,1-3H3/b8-6-. The normalized spacial score (nSPS) is 11.4. The largest absolute Gasteiger partial charge is 0.381 e. The van der Waals surface area contributed by atoms with Crippen LogP contribution < -0.4 is 0 Å². The molecule has 0 saturated heterocycles. The topological polar surface area (TPSA) is 20.3 Å². The van der Waals surface area contributed by atoms with Gasteiger partial charge in [-0.15, -0.1) is 0 Å². The zero-order chi connectivity index (χ0) is 12.3. The number of carbonyl (C=O) groups is 1. The van der Waals surface area contributed by atoms with E-state index in [4.69, 9.17) is 0 Å². The molecule has 0 atom stereocenters. The Hall–Kier alpha value is -1.71. The van der Waals surface area contributed by atoms with E-state index in [0.29, 0.717) is 5.70 Å². The minimum Gasteiger partial charge on any atom is -0.381 e. The summed E-state index contributed by atoms with van der Waals surface area (Å²) >= 11 is 0. The van der Waals surface area contributed by atoms with E-state index in [-0.39, 0.29) is 5.56 Å². The molecule has 2 nitrogen and oxygen atoms in total. The molecule has 0 aliphatic heterocycles. The van der Waals surface area contributed by atoms with Gasteiger partial charge in [-0.05, 0) is 25.1 Å². The Balaban J connectivity index is 3.06. The smallest absolute Gasteiger partial charge is 0.190 e. The highest BCUT2D eigenvalue weighted by Crippen LogP contribution is 2.12. The quantitative estimate of drug-likeness (QED) is 0.582. The highest BCUT2D eigenvalue weighted by atomic mass is 19.1. The predicted octanol–water partition coefficient (Wildman–Crippen LogP) is 2.61. The second-order valence-corrected chi connectivity index (χ2v) is 3.67. The van der Waals surface area contributed by atoms with Crippen molar-refractivity contribution >= 4 is 5.78 Å². The molecule has 0 fully saturated rings. The fourth-order valence-corrected chi connectivity index (χ4v) is 1.08. The lowest BCUT2D eigenvalue weighted by Crippen LogP contribution is -2.11. The van der Waals surface area contributed by atoms with E-state index in [9.17, 15) is 13.6 Å². The van der Waals surface area contributed by atoms with Gasteiger partial charge in [0.15, 0.2) is 5.78 Å². The van der Waals surface area contributed by atoms with Gasteiger partial charge in [0.1, 0.15) is 11.6 Å². The minimum absolute atomic E-state index is 0.249. The van der Waals surface area contributed by atoms with Crippen LogP contribution in [0, 0.1) is 11.6 Å². The summed E-state index contributed by atoms with van der Waals surface area (Å²) in [5, 5.41) is 0. The second kappa shape index (κ2) is 4.88. The molecule has 0 aromatic heterocycles. The lowest BCUT2D eigenvalue weighted by atomic mass is 10.1. The number of nitrogens with zero attached hydrogens (tertiary/aromatic N) is 1. The second-order valence-electron chi connectivity index (χ2n) is 3.67.